The minimum absolute atomic E-state index is 0.164. The monoisotopic (exact) mass is 356 g/mol. The molecule has 0 spiro atoms. The summed E-state index contributed by atoms with van der Waals surface area (Å²) >= 11 is 1.52. The van der Waals surface area contributed by atoms with Crippen LogP contribution in [0.2, 0.25) is 0 Å². The summed E-state index contributed by atoms with van der Waals surface area (Å²) in [4.78, 5) is 17.5. The summed E-state index contributed by atoms with van der Waals surface area (Å²) < 4.78 is 13.5. The zero-order valence-corrected chi connectivity index (χ0v) is 15.1. The Morgan fingerprint density at radius 2 is 1.88 bits per heavy atom. The number of amides is 1. The van der Waals surface area contributed by atoms with Gasteiger partial charge in [0.25, 0.3) is 5.91 Å². The number of rotatable bonds is 6. The van der Waals surface area contributed by atoms with Crippen molar-refractivity contribution in [1.82, 2.24) is 4.57 Å². The van der Waals surface area contributed by atoms with Gasteiger partial charge in [0.2, 0.25) is 0 Å². The van der Waals surface area contributed by atoms with Gasteiger partial charge in [0.05, 0.1) is 30.4 Å². The van der Waals surface area contributed by atoms with Crippen molar-refractivity contribution in [2.75, 3.05) is 20.8 Å². The molecule has 6 heteroatoms. The number of fused-ring (bicyclic) bond motifs is 1. The van der Waals surface area contributed by atoms with Gasteiger partial charge in [0.15, 0.2) is 4.80 Å². The Morgan fingerprint density at radius 1 is 1.12 bits per heavy atom. The lowest BCUT2D eigenvalue weighted by atomic mass is 10.1. The van der Waals surface area contributed by atoms with Crippen molar-refractivity contribution in [1.29, 1.82) is 0 Å². The summed E-state index contributed by atoms with van der Waals surface area (Å²) in [6.45, 7) is 1.23. The molecule has 0 saturated heterocycles. The second-order valence-electron chi connectivity index (χ2n) is 5.53. The highest BCUT2D eigenvalue weighted by atomic mass is 32.1. The van der Waals surface area contributed by atoms with Crippen molar-refractivity contribution in [2.24, 2.45) is 4.99 Å². The molecule has 0 aliphatic carbocycles. The van der Waals surface area contributed by atoms with Crippen LogP contribution in [0.15, 0.2) is 53.5 Å². The molecular formula is C19H20N2O3S. The molecule has 1 aromatic heterocycles. The molecule has 0 atom stereocenters. The maximum Gasteiger partial charge on any atom is 0.252 e. The molecule has 0 saturated carbocycles. The smallest absolute Gasteiger partial charge is 0.252 e. The highest BCUT2D eigenvalue weighted by Gasteiger charge is 2.08. The highest BCUT2D eigenvalue weighted by Crippen LogP contribution is 2.17. The van der Waals surface area contributed by atoms with E-state index in [1.807, 2.05) is 53.1 Å². The fraction of sp³-hybridized carbons (Fsp3) is 0.263. The number of hydrogen-bond acceptors (Lipinski definition) is 4. The zero-order valence-electron chi connectivity index (χ0n) is 14.3. The van der Waals surface area contributed by atoms with Crippen LogP contribution in [0.5, 0.6) is 5.75 Å². The average Bonchev–Trinajstić information content (AvgIpc) is 2.97. The van der Waals surface area contributed by atoms with E-state index in [9.17, 15) is 4.79 Å². The lowest BCUT2D eigenvalue weighted by Crippen LogP contribution is -2.19. The maximum absolute atomic E-state index is 12.4. The number of para-hydroxylation sites is 1. The largest absolute Gasteiger partial charge is 0.497 e. The molecule has 0 aliphatic heterocycles. The fourth-order valence-corrected chi connectivity index (χ4v) is 3.64. The van der Waals surface area contributed by atoms with E-state index in [1.54, 1.807) is 14.2 Å². The Morgan fingerprint density at radius 3 is 2.60 bits per heavy atom. The Balaban J connectivity index is 1.89. The molecule has 3 aromatic rings. The van der Waals surface area contributed by atoms with E-state index in [0.717, 1.165) is 21.5 Å². The summed E-state index contributed by atoms with van der Waals surface area (Å²) in [6, 6.07) is 15.5. The predicted octanol–water partition coefficient (Wildman–Crippen LogP) is 3.03. The minimum Gasteiger partial charge on any atom is -0.497 e. The van der Waals surface area contributed by atoms with Gasteiger partial charge in [-0.25, -0.2) is 0 Å². The number of carbonyl (C=O) groups is 1. The first-order chi connectivity index (χ1) is 12.2. The molecular weight excluding hydrogens is 336 g/mol. The van der Waals surface area contributed by atoms with Gasteiger partial charge in [-0.15, -0.1) is 0 Å². The fourth-order valence-electron chi connectivity index (χ4n) is 2.57. The molecule has 0 bridgehead atoms. The number of carbonyl (C=O) groups excluding carboxylic acids is 1. The summed E-state index contributed by atoms with van der Waals surface area (Å²) in [5.41, 5.74) is 1.99. The van der Waals surface area contributed by atoms with Crippen LogP contribution < -0.4 is 9.54 Å². The number of thiazole rings is 1. The Hall–Kier alpha value is -2.44. The second kappa shape index (κ2) is 8.09. The summed E-state index contributed by atoms with van der Waals surface area (Å²) in [6.07, 6.45) is 0.266. The first-order valence-corrected chi connectivity index (χ1v) is 8.80. The van der Waals surface area contributed by atoms with Crippen molar-refractivity contribution in [3.05, 3.63) is 58.9 Å². The van der Waals surface area contributed by atoms with E-state index < -0.39 is 0 Å². The van der Waals surface area contributed by atoms with E-state index in [0.29, 0.717) is 18.0 Å². The number of benzene rings is 2. The molecule has 0 radical (unpaired) electrons. The van der Waals surface area contributed by atoms with Crippen molar-refractivity contribution in [3.63, 3.8) is 0 Å². The lowest BCUT2D eigenvalue weighted by Gasteiger charge is -2.04. The Bertz CT molecular complexity index is 926. The van der Waals surface area contributed by atoms with Crippen molar-refractivity contribution < 1.29 is 14.3 Å². The Kier molecular flexibility index (Phi) is 5.63. The zero-order chi connectivity index (χ0) is 17.6. The average molecular weight is 356 g/mol. The van der Waals surface area contributed by atoms with Crippen LogP contribution in [0.1, 0.15) is 5.56 Å². The van der Waals surface area contributed by atoms with E-state index in [2.05, 4.69) is 4.99 Å². The third kappa shape index (κ3) is 4.15. The molecule has 1 heterocycles. The van der Waals surface area contributed by atoms with Crippen LogP contribution >= 0.6 is 11.3 Å². The third-order valence-corrected chi connectivity index (χ3v) is 4.90. The third-order valence-electron chi connectivity index (χ3n) is 3.84. The first kappa shape index (κ1) is 17.4. The minimum atomic E-state index is -0.164. The lowest BCUT2D eigenvalue weighted by molar-refractivity contribution is -0.117. The maximum atomic E-state index is 12.4. The number of ether oxygens (including phenoxy) is 2. The van der Waals surface area contributed by atoms with Crippen LogP contribution in [0.25, 0.3) is 10.2 Å². The van der Waals surface area contributed by atoms with E-state index in [-0.39, 0.29) is 12.3 Å². The van der Waals surface area contributed by atoms with Gasteiger partial charge in [0, 0.05) is 13.7 Å². The highest BCUT2D eigenvalue weighted by molar-refractivity contribution is 7.16. The molecule has 0 fully saturated rings. The van der Waals surface area contributed by atoms with Gasteiger partial charge in [-0.3, -0.25) is 4.79 Å². The molecule has 3 rings (SSSR count). The van der Waals surface area contributed by atoms with Gasteiger partial charge < -0.3 is 14.0 Å². The van der Waals surface area contributed by atoms with Gasteiger partial charge in [0.1, 0.15) is 5.75 Å². The molecule has 25 heavy (non-hydrogen) atoms. The van der Waals surface area contributed by atoms with Gasteiger partial charge in [-0.1, -0.05) is 35.6 Å². The quantitative estimate of drug-likeness (QED) is 0.682. The van der Waals surface area contributed by atoms with Crippen LogP contribution in [0, 0.1) is 0 Å². The number of hydrogen-bond donors (Lipinski definition) is 0. The number of aromatic nitrogens is 1. The molecule has 0 unspecified atom stereocenters. The van der Waals surface area contributed by atoms with Gasteiger partial charge in [-0.05, 0) is 29.8 Å². The molecule has 1 amide bonds. The van der Waals surface area contributed by atoms with Crippen LogP contribution in [0.4, 0.5) is 0 Å². The van der Waals surface area contributed by atoms with Crippen LogP contribution in [-0.4, -0.2) is 31.3 Å². The van der Waals surface area contributed by atoms with E-state index in [4.69, 9.17) is 9.47 Å². The Labute approximate surface area is 150 Å². The first-order valence-electron chi connectivity index (χ1n) is 7.99. The van der Waals surface area contributed by atoms with Crippen molar-refractivity contribution >= 4 is 27.5 Å². The molecule has 2 aromatic carbocycles. The molecule has 130 valence electrons. The topological polar surface area (TPSA) is 52.8 Å². The second-order valence-corrected chi connectivity index (χ2v) is 6.54. The predicted molar refractivity (Wildman–Crippen MR) is 99.0 cm³/mol. The molecule has 5 nitrogen and oxygen atoms in total. The van der Waals surface area contributed by atoms with Gasteiger partial charge in [-0.2, -0.15) is 4.99 Å². The molecule has 0 N–H and O–H groups in total. The van der Waals surface area contributed by atoms with Gasteiger partial charge >= 0.3 is 0 Å². The van der Waals surface area contributed by atoms with E-state index in [1.165, 1.54) is 11.3 Å². The summed E-state index contributed by atoms with van der Waals surface area (Å²) in [5.74, 6) is 0.609. The molecule has 0 aliphatic rings. The van der Waals surface area contributed by atoms with E-state index >= 15 is 0 Å². The number of nitrogens with zero attached hydrogens (tertiary/aromatic N) is 2. The standard InChI is InChI=1S/C19H20N2O3S/c1-23-12-11-21-16-5-3-4-6-17(16)25-19(21)20-18(22)13-14-7-9-15(24-2)10-8-14/h3-10H,11-13H2,1-2H3. The van der Waals surface area contributed by atoms with Crippen molar-refractivity contribution in [2.45, 2.75) is 13.0 Å². The van der Waals surface area contributed by atoms with Crippen LogP contribution in [0.3, 0.4) is 0 Å². The SMILES string of the molecule is COCCn1c(=NC(=O)Cc2ccc(OC)cc2)sc2ccccc21. The van der Waals surface area contributed by atoms with Crippen LogP contribution in [-0.2, 0) is 22.5 Å². The van der Waals surface area contributed by atoms with Crippen molar-refractivity contribution in [3.8, 4) is 5.75 Å². The number of methoxy groups -OCH3 is 2. The summed E-state index contributed by atoms with van der Waals surface area (Å²) in [5, 5.41) is 0. The summed E-state index contributed by atoms with van der Waals surface area (Å²) in [7, 11) is 3.29. The normalized spacial score (nSPS) is 11.8.